The van der Waals surface area contributed by atoms with Crippen LogP contribution in [-0.4, -0.2) is 12.1 Å². The summed E-state index contributed by atoms with van der Waals surface area (Å²) in [7, 11) is 1.56. The van der Waals surface area contributed by atoms with Gasteiger partial charge in [0.2, 0.25) is 5.88 Å². The average Bonchev–Trinajstić information content (AvgIpc) is 2.28. The number of hydrogen-bond donors (Lipinski definition) is 2. The quantitative estimate of drug-likeness (QED) is 0.818. The van der Waals surface area contributed by atoms with Crippen molar-refractivity contribution < 1.29 is 4.74 Å². The number of anilines is 2. The molecule has 0 spiro atoms. The van der Waals surface area contributed by atoms with Gasteiger partial charge in [0.25, 0.3) is 0 Å². The van der Waals surface area contributed by atoms with Gasteiger partial charge in [0.1, 0.15) is 0 Å². The molecule has 0 fully saturated rings. The minimum absolute atomic E-state index is 0.290. The van der Waals surface area contributed by atoms with Crippen LogP contribution in [-0.2, 0) is 0 Å². The van der Waals surface area contributed by atoms with Crippen LogP contribution in [0.1, 0.15) is 25.0 Å². The maximum atomic E-state index is 5.90. The van der Waals surface area contributed by atoms with E-state index < -0.39 is 0 Å². The Bertz CT molecular complexity index is 436. The van der Waals surface area contributed by atoms with Gasteiger partial charge < -0.3 is 16.2 Å². The molecule has 0 aliphatic heterocycles. The smallest absolute Gasteiger partial charge is 0.223 e. The number of pyridine rings is 1. The molecular weight excluding hydrogens is 202 g/mol. The summed E-state index contributed by atoms with van der Waals surface area (Å²) in [6, 6.07) is 0. The predicted molar refractivity (Wildman–Crippen MR) is 69.0 cm³/mol. The summed E-state index contributed by atoms with van der Waals surface area (Å²) in [5, 5.41) is 0. The van der Waals surface area contributed by atoms with Gasteiger partial charge in [-0.2, -0.15) is 4.98 Å². The number of ether oxygens (including phenoxy) is 1. The van der Waals surface area contributed by atoms with Crippen molar-refractivity contribution >= 4 is 23.7 Å². The highest BCUT2D eigenvalue weighted by Gasteiger charge is 2.12. The number of aromatic nitrogens is 1. The van der Waals surface area contributed by atoms with E-state index >= 15 is 0 Å². The molecule has 4 heteroatoms. The van der Waals surface area contributed by atoms with Crippen molar-refractivity contribution in [2.24, 2.45) is 0 Å². The van der Waals surface area contributed by atoms with Crippen molar-refractivity contribution in [3.05, 3.63) is 23.3 Å². The number of nitrogens with two attached hydrogens (primary N) is 2. The maximum absolute atomic E-state index is 5.90. The van der Waals surface area contributed by atoms with Gasteiger partial charge in [-0.25, -0.2) is 0 Å². The van der Waals surface area contributed by atoms with Crippen LogP contribution in [0.15, 0.2) is 12.2 Å². The summed E-state index contributed by atoms with van der Waals surface area (Å²) in [5.41, 5.74) is 13.8. The minimum Gasteiger partial charge on any atom is -0.480 e. The van der Waals surface area contributed by atoms with Gasteiger partial charge in [0.15, 0.2) is 5.82 Å². The Morgan fingerprint density at radius 3 is 2.12 bits per heavy atom. The Kier molecular flexibility index (Phi) is 3.94. The van der Waals surface area contributed by atoms with Crippen molar-refractivity contribution in [3.8, 4) is 5.88 Å². The number of allylic oxidation sites excluding steroid dienone is 2. The van der Waals surface area contributed by atoms with Crippen molar-refractivity contribution in [1.29, 1.82) is 0 Å². The van der Waals surface area contributed by atoms with Gasteiger partial charge in [0.05, 0.1) is 12.8 Å². The summed E-state index contributed by atoms with van der Waals surface area (Å²) >= 11 is 0. The Labute approximate surface area is 95.6 Å². The predicted octanol–water partition coefficient (Wildman–Crippen LogP) is 2.32. The van der Waals surface area contributed by atoms with Gasteiger partial charge in [-0.05, 0) is 13.8 Å². The Morgan fingerprint density at radius 1 is 1.06 bits per heavy atom. The van der Waals surface area contributed by atoms with E-state index in [4.69, 9.17) is 16.2 Å². The van der Waals surface area contributed by atoms with E-state index in [-0.39, 0.29) is 0 Å². The molecule has 0 bridgehead atoms. The summed E-state index contributed by atoms with van der Waals surface area (Å²) in [6.45, 7) is 3.84. The number of nitrogens with zero attached hydrogens (tertiary/aromatic N) is 1. The van der Waals surface area contributed by atoms with E-state index in [1.54, 1.807) is 7.11 Å². The molecule has 0 saturated heterocycles. The second kappa shape index (κ2) is 5.21. The molecule has 0 aliphatic carbocycles. The molecular formula is C12H17N3O. The van der Waals surface area contributed by atoms with Crippen LogP contribution in [0.25, 0.3) is 12.2 Å². The van der Waals surface area contributed by atoms with Gasteiger partial charge in [-0.1, -0.05) is 24.3 Å². The molecule has 0 aromatic carbocycles. The highest BCUT2D eigenvalue weighted by atomic mass is 16.5. The second-order valence-electron chi connectivity index (χ2n) is 3.25. The third-order valence-corrected chi connectivity index (χ3v) is 2.17. The van der Waals surface area contributed by atoms with E-state index in [0.717, 1.165) is 11.1 Å². The fourth-order valence-corrected chi connectivity index (χ4v) is 1.46. The number of rotatable bonds is 3. The lowest BCUT2D eigenvalue weighted by molar-refractivity contribution is 0.397. The van der Waals surface area contributed by atoms with Crippen molar-refractivity contribution in [1.82, 2.24) is 4.98 Å². The van der Waals surface area contributed by atoms with E-state index in [2.05, 4.69) is 4.98 Å². The van der Waals surface area contributed by atoms with Gasteiger partial charge >= 0.3 is 0 Å². The Morgan fingerprint density at radius 2 is 1.62 bits per heavy atom. The first-order valence-electron chi connectivity index (χ1n) is 5.04. The molecule has 1 heterocycles. The van der Waals surface area contributed by atoms with Crippen LogP contribution in [0.5, 0.6) is 5.88 Å². The van der Waals surface area contributed by atoms with Crippen LogP contribution in [0.4, 0.5) is 11.5 Å². The number of hydrogen-bond acceptors (Lipinski definition) is 4. The van der Waals surface area contributed by atoms with Crippen LogP contribution in [0, 0.1) is 0 Å². The molecule has 4 N–H and O–H groups in total. The van der Waals surface area contributed by atoms with Crippen molar-refractivity contribution in [2.45, 2.75) is 13.8 Å². The Hall–Kier alpha value is -1.97. The molecule has 0 atom stereocenters. The zero-order chi connectivity index (χ0) is 12.1. The summed E-state index contributed by atoms with van der Waals surface area (Å²) in [5.74, 6) is 0.774. The first-order chi connectivity index (χ1) is 7.65. The van der Waals surface area contributed by atoms with Gasteiger partial charge in [0, 0.05) is 11.1 Å². The summed E-state index contributed by atoms with van der Waals surface area (Å²) < 4.78 is 5.19. The van der Waals surface area contributed by atoms with Crippen molar-refractivity contribution in [2.75, 3.05) is 18.6 Å². The third-order valence-electron chi connectivity index (χ3n) is 2.17. The highest BCUT2D eigenvalue weighted by molar-refractivity contribution is 5.82. The van der Waals surface area contributed by atoms with E-state index in [1.165, 1.54) is 0 Å². The molecule has 16 heavy (non-hydrogen) atoms. The van der Waals surface area contributed by atoms with E-state index in [0.29, 0.717) is 17.4 Å². The van der Waals surface area contributed by atoms with Crippen LogP contribution < -0.4 is 16.2 Å². The summed E-state index contributed by atoms with van der Waals surface area (Å²) in [4.78, 5) is 4.10. The highest BCUT2D eigenvalue weighted by Crippen LogP contribution is 2.31. The standard InChI is InChI=1S/C12H17N3O/c1-4-6-8-9(7-5-2)12(16-3)15-11(14)10(8)13/h4-7H,13H2,1-3H3,(H2,14,15). The van der Waals surface area contributed by atoms with Gasteiger partial charge in [-0.3, -0.25) is 0 Å². The lowest BCUT2D eigenvalue weighted by atomic mass is 10.1. The molecule has 0 radical (unpaired) electrons. The SMILES string of the molecule is CC=Cc1c(OC)nc(N)c(N)c1C=CC. The molecule has 1 aromatic rings. The molecule has 86 valence electrons. The normalized spacial score (nSPS) is 11.4. The fourth-order valence-electron chi connectivity index (χ4n) is 1.46. The maximum Gasteiger partial charge on any atom is 0.223 e. The van der Waals surface area contributed by atoms with Crippen LogP contribution >= 0.6 is 0 Å². The monoisotopic (exact) mass is 219 g/mol. The number of methoxy groups -OCH3 is 1. The molecule has 4 nitrogen and oxygen atoms in total. The zero-order valence-electron chi connectivity index (χ0n) is 9.82. The molecule has 0 amide bonds. The molecule has 0 saturated carbocycles. The molecule has 1 aromatic heterocycles. The van der Waals surface area contributed by atoms with E-state index in [1.807, 2.05) is 38.2 Å². The van der Waals surface area contributed by atoms with Crippen molar-refractivity contribution in [3.63, 3.8) is 0 Å². The van der Waals surface area contributed by atoms with E-state index in [9.17, 15) is 0 Å². The van der Waals surface area contributed by atoms with Crippen LogP contribution in [0.3, 0.4) is 0 Å². The third kappa shape index (κ3) is 2.16. The minimum atomic E-state index is 0.290. The first-order valence-corrected chi connectivity index (χ1v) is 5.04. The lowest BCUT2D eigenvalue weighted by Gasteiger charge is -2.12. The average molecular weight is 219 g/mol. The summed E-state index contributed by atoms with van der Waals surface area (Å²) in [6.07, 6.45) is 7.60. The topological polar surface area (TPSA) is 74.2 Å². The van der Waals surface area contributed by atoms with Gasteiger partial charge in [-0.15, -0.1) is 0 Å². The first kappa shape index (κ1) is 12.1. The Balaban J connectivity index is 3.56. The molecule has 0 unspecified atom stereocenters. The lowest BCUT2D eigenvalue weighted by Crippen LogP contribution is -2.05. The second-order valence-corrected chi connectivity index (χ2v) is 3.25. The fraction of sp³-hybridized carbons (Fsp3) is 0.250. The molecule has 1 rings (SSSR count). The van der Waals surface area contributed by atoms with Crippen LogP contribution in [0.2, 0.25) is 0 Å². The number of nitrogen functional groups attached to an aromatic ring is 2. The largest absolute Gasteiger partial charge is 0.480 e. The zero-order valence-corrected chi connectivity index (χ0v) is 9.82. The molecule has 0 aliphatic rings.